The van der Waals surface area contributed by atoms with Crippen LogP contribution in [0.5, 0.6) is 0 Å². The second-order valence-corrected chi connectivity index (χ2v) is 18.8. The van der Waals surface area contributed by atoms with Crippen LogP contribution in [0.1, 0.15) is 89.3 Å². The van der Waals surface area contributed by atoms with Crippen molar-refractivity contribution < 1.29 is 34.1 Å². The summed E-state index contributed by atoms with van der Waals surface area (Å²) in [6.45, 7) is 10.9. The van der Waals surface area contributed by atoms with E-state index < -0.39 is 11.9 Å². The van der Waals surface area contributed by atoms with Crippen molar-refractivity contribution in [2.45, 2.75) is 105 Å². The number of fused-ring (bicyclic) bond motifs is 7. The van der Waals surface area contributed by atoms with Crippen molar-refractivity contribution >= 4 is 47.2 Å². The number of nitrogens with zero attached hydrogens (tertiary/aromatic N) is 2. The molecule has 2 heterocycles. The Balaban J connectivity index is 0.000000160. The minimum absolute atomic E-state index is 0.0438. The van der Waals surface area contributed by atoms with Crippen molar-refractivity contribution in [3.63, 3.8) is 0 Å². The predicted molar refractivity (Wildman–Crippen MR) is 221 cm³/mol. The van der Waals surface area contributed by atoms with E-state index in [-0.39, 0.29) is 22.9 Å². The first-order valence-electron chi connectivity index (χ1n) is 20.1. The smallest absolute Gasteiger partial charge is 0.328 e. The van der Waals surface area contributed by atoms with Gasteiger partial charge in [-0.1, -0.05) is 55.5 Å². The number of rotatable bonds is 5. The number of carboxylic acid groups (broad SMARTS) is 2. The van der Waals surface area contributed by atoms with Crippen LogP contribution in [0, 0.1) is 28.6 Å². The van der Waals surface area contributed by atoms with Crippen molar-refractivity contribution in [2.24, 2.45) is 28.6 Å². The van der Waals surface area contributed by atoms with Gasteiger partial charge in [0.2, 0.25) is 0 Å². The lowest BCUT2D eigenvalue weighted by Crippen LogP contribution is -2.50. The zero-order chi connectivity index (χ0) is 40.2. The van der Waals surface area contributed by atoms with Gasteiger partial charge in [-0.15, -0.1) is 11.8 Å². The molecule has 4 fully saturated rings. The number of allylic oxidation sites excluding steroid dienone is 1. The molecule has 0 bridgehead atoms. The van der Waals surface area contributed by atoms with Crippen LogP contribution in [-0.2, 0) is 30.3 Å². The molecule has 302 valence electrons. The van der Waals surface area contributed by atoms with Gasteiger partial charge in [-0.2, -0.15) is 0 Å². The Morgan fingerprint density at radius 2 is 1.57 bits per heavy atom. The largest absolute Gasteiger partial charge is 0.478 e. The number of benzene rings is 2. The molecule has 4 aliphatic carbocycles. The molecule has 2 N–H and O–H groups in total. The number of thioether (sulfide) groups is 1. The van der Waals surface area contributed by atoms with Gasteiger partial charge in [0.05, 0.1) is 0 Å². The van der Waals surface area contributed by atoms with E-state index in [4.69, 9.17) is 14.9 Å². The topological polar surface area (TPSA) is 124 Å². The number of hydrogen-bond acceptors (Lipinski definition) is 9. The summed E-state index contributed by atoms with van der Waals surface area (Å²) in [4.78, 5) is 52.2. The molecule has 0 radical (unpaired) electrons. The molecule has 2 aromatic rings. The van der Waals surface area contributed by atoms with Crippen LogP contribution in [0.3, 0.4) is 0 Å². The molecule has 7 unspecified atom stereocenters. The van der Waals surface area contributed by atoms with E-state index in [9.17, 15) is 19.2 Å². The van der Waals surface area contributed by atoms with Gasteiger partial charge in [-0.3, -0.25) is 14.5 Å². The third-order valence-electron chi connectivity index (χ3n) is 13.6. The van der Waals surface area contributed by atoms with Crippen LogP contribution in [0.2, 0.25) is 0 Å². The summed E-state index contributed by atoms with van der Waals surface area (Å²) in [5.74, 6) is -0.182. The van der Waals surface area contributed by atoms with E-state index in [2.05, 4.69) is 85.5 Å². The lowest BCUT2D eigenvalue weighted by Gasteiger charge is -2.56. The Kier molecular flexibility index (Phi) is 13.6. The van der Waals surface area contributed by atoms with Gasteiger partial charge < -0.3 is 19.8 Å². The zero-order valence-electron chi connectivity index (χ0n) is 33.5. The van der Waals surface area contributed by atoms with Gasteiger partial charge in [0, 0.05) is 84.2 Å². The third-order valence-corrected chi connectivity index (χ3v) is 15.6. The third kappa shape index (κ3) is 9.32. The van der Waals surface area contributed by atoms with E-state index in [1.54, 1.807) is 0 Å². The summed E-state index contributed by atoms with van der Waals surface area (Å²) in [5, 5.41) is 15.6. The summed E-state index contributed by atoms with van der Waals surface area (Å²) in [7, 11) is 2.23. The molecule has 0 aromatic heterocycles. The molecule has 8 rings (SSSR count). The number of hydrogen-bond donors (Lipinski definition) is 2. The number of Topliss-reactive ketones (excluding diaryl/α,β-unsaturated/α-hetero) is 1. The lowest BCUT2D eigenvalue weighted by molar-refractivity contribution is -0.148. The molecule has 0 spiro atoms. The van der Waals surface area contributed by atoms with Gasteiger partial charge >= 0.3 is 17.9 Å². The van der Waals surface area contributed by atoms with E-state index in [0.717, 1.165) is 64.5 Å². The van der Waals surface area contributed by atoms with Crippen molar-refractivity contribution in [3.8, 4) is 0 Å². The Morgan fingerprint density at radius 1 is 0.893 bits per heavy atom. The first kappa shape index (κ1) is 42.2. The van der Waals surface area contributed by atoms with Crippen LogP contribution < -0.4 is 0 Å². The highest BCUT2D eigenvalue weighted by Gasteiger charge is 2.58. The highest BCUT2D eigenvalue weighted by atomic mass is 32.2. The van der Waals surface area contributed by atoms with Crippen LogP contribution in [-0.4, -0.2) is 89.3 Å². The second-order valence-electron chi connectivity index (χ2n) is 16.8. The number of likely N-dealkylation sites (N-methyl/N-ethyl adjacent to an activating group) is 1. The number of carboxylic acids is 2. The quantitative estimate of drug-likeness (QED) is 0.131. The predicted octanol–water partition coefficient (Wildman–Crippen LogP) is 8.57. The number of piperazine rings is 1. The summed E-state index contributed by atoms with van der Waals surface area (Å²) < 4.78 is 5.50. The van der Waals surface area contributed by atoms with Crippen molar-refractivity contribution in [1.82, 2.24) is 9.80 Å². The number of ketones is 1. The minimum Gasteiger partial charge on any atom is -0.478 e. The lowest BCUT2D eigenvalue weighted by atomic mass is 9.48. The van der Waals surface area contributed by atoms with Gasteiger partial charge in [-0.05, 0) is 117 Å². The Bertz CT molecular complexity index is 1840. The number of esters is 1. The average molecular weight is 803 g/mol. The maximum atomic E-state index is 12.4. The normalized spacial score (nSPS) is 31.0. The monoisotopic (exact) mass is 802 g/mol. The molecule has 3 saturated carbocycles. The van der Waals surface area contributed by atoms with Crippen LogP contribution in [0.15, 0.2) is 81.0 Å². The molecule has 11 heteroatoms. The highest BCUT2D eigenvalue weighted by molar-refractivity contribution is 7.99. The van der Waals surface area contributed by atoms with E-state index in [1.807, 2.05) is 23.5 Å². The molecule has 56 heavy (non-hydrogen) atoms. The average Bonchev–Trinajstić information content (AvgIpc) is 3.37. The number of carbonyl (C=O) groups excluding carboxylic acids is 2. The Morgan fingerprint density at radius 3 is 2.25 bits per heavy atom. The standard InChI is InChI=1S/C21H30O3.C20H24N2S2.C4H4O4/c1-13(22)24-15-8-10-20(2)14(12-15)4-5-16-17-6-7-19(23)21(17,3)11-9-18(16)20;1-21-9-11-22(12-10-21)18-13-15-5-3-4-6-19(15)24-20-8-7-16(23-2)14-17(18)20;5-3(6)1-2-4(7)8/h4,15-18H,5-12H2,1-3H3;3-8,14,18H,9-13H2,1-2H3;1-2H,(H,5,6)(H,7,8). The van der Waals surface area contributed by atoms with Gasteiger partial charge in [0.15, 0.2) is 0 Å². The summed E-state index contributed by atoms with van der Waals surface area (Å²) >= 11 is 3.79. The maximum absolute atomic E-state index is 12.4. The van der Waals surface area contributed by atoms with Crippen LogP contribution in [0.4, 0.5) is 0 Å². The molecular weight excluding hydrogens is 745 g/mol. The molecule has 9 nitrogen and oxygen atoms in total. The second kappa shape index (κ2) is 18.0. The van der Waals surface area contributed by atoms with E-state index in [0.29, 0.717) is 41.7 Å². The maximum Gasteiger partial charge on any atom is 0.328 e. The fourth-order valence-electron chi connectivity index (χ4n) is 10.6. The van der Waals surface area contributed by atoms with Crippen LogP contribution >= 0.6 is 23.5 Å². The Labute approximate surface area is 340 Å². The molecule has 2 aliphatic heterocycles. The molecule has 0 amide bonds. The number of ether oxygens (including phenoxy) is 1. The first-order chi connectivity index (χ1) is 26.7. The minimum atomic E-state index is -1.26. The van der Waals surface area contributed by atoms with Crippen molar-refractivity contribution in [1.29, 1.82) is 0 Å². The van der Waals surface area contributed by atoms with Crippen molar-refractivity contribution in [3.05, 3.63) is 77.4 Å². The summed E-state index contributed by atoms with van der Waals surface area (Å²) in [5.41, 5.74) is 4.75. The van der Waals surface area contributed by atoms with Crippen molar-refractivity contribution in [2.75, 3.05) is 39.5 Å². The summed E-state index contributed by atoms with van der Waals surface area (Å²) in [6, 6.07) is 16.5. The summed E-state index contributed by atoms with van der Waals surface area (Å²) in [6.07, 6.45) is 15.2. The molecular formula is C45H58N2O7S2. The van der Waals surface area contributed by atoms with Crippen LogP contribution in [0.25, 0.3) is 0 Å². The first-order valence-corrected chi connectivity index (χ1v) is 22.2. The molecule has 1 saturated heterocycles. The molecule has 6 aliphatic rings. The van der Waals surface area contributed by atoms with E-state index >= 15 is 0 Å². The van der Waals surface area contributed by atoms with E-state index in [1.165, 1.54) is 57.8 Å². The fraction of sp³-hybridized carbons (Fsp3) is 0.556. The number of carbonyl (C=O) groups is 4. The molecule has 7 atom stereocenters. The Hall–Kier alpha value is -3.38. The number of aliphatic carboxylic acids is 2. The van der Waals surface area contributed by atoms with Gasteiger partial charge in [0.1, 0.15) is 11.9 Å². The highest BCUT2D eigenvalue weighted by Crippen LogP contribution is 2.64. The zero-order valence-corrected chi connectivity index (χ0v) is 35.1. The SMILES string of the molecule is CC(=O)OC1CCC2(C)C(=CCC3C4CCC(=O)C4(C)CCC32)C1.CSc1ccc2c(c1)C(N1CCN(C)CC1)Cc1ccccc1S2.O=C(O)C=CC(=O)O. The molecule has 2 aromatic carbocycles. The fourth-order valence-corrected chi connectivity index (χ4v) is 12.1. The van der Waals surface area contributed by atoms with Gasteiger partial charge in [0.25, 0.3) is 0 Å². The van der Waals surface area contributed by atoms with Gasteiger partial charge in [-0.25, -0.2) is 9.59 Å².